The van der Waals surface area contributed by atoms with Crippen LogP contribution in [0.15, 0.2) is 36.9 Å². The minimum Gasteiger partial charge on any atom is -0.493 e. The summed E-state index contributed by atoms with van der Waals surface area (Å²) in [6, 6.07) is 8.11. The lowest BCUT2D eigenvalue weighted by Gasteiger charge is -2.32. The molecule has 128 valence electrons. The Hall–Kier alpha value is -2.37. The number of benzene rings is 1. The van der Waals surface area contributed by atoms with Gasteiger partial charge in [-0.1, -0.05) is 17.7 Å². The topological polar surface area (TPSA) is 60.2 Å². The van der Waals surface area contributed by atoms with Crippen LogP contribution in [0.1, 0.15) is 24.8 Å². The molecule has 1 aliphatic heterocycles. The summed E-state index contributed by atoms with van der Waals surface area (Å²) in [6.07, 6.45) is 5.92. The van der Waals surface area contributed by atoms with E-state index < -0.39 is 0 Å². The zero-order valence-electron chi connectivity index (χ0n) is 14.1. The summed E-state index contributed by atoms with van der Waals surface area (Å²) >= 11 is 0. The molecule has 3 rings (SSSR count). The Kier molecular flexibility index (Phi) is 5.46. The minimum absolute atomic E-state index is 0.198. The van der Waals surface area contributed by atoms with E-state index in [0.29, 0.717) is 25.5 Å². The lowest BCUT2D eigenvalue weighted by atomic mass is 9.98. The molecule has 0 aliphatic carbocycles. The third-order valence-electron chi connectivity index (χ3n) is 4.43. The van der Waals surface area contributed by atoms with E-state index in [0.717, 1.165) is 31.7 Å². The average Bonchev–Trinajstić information content (AvgIpc) is 3.13. The van der Waals surface area contributed by atoms with Gasteiger partial charge in [0.1, 0.15) is 18.4 Å². The summed E-state index contributed by atoms with van der Waals surface area (Å²) in [6.45, 7) is 4.99. The van der Waals surface area contributed by atoms with Gasteiger partial charge in [0, 0.05) is 32.0 Å². The molecular formula is C18H24N4O2. The fraction of sp³-hybridized carbons (Fsp3) is 0.500. The van der Waals surface area contributed by atoms with Gasteiger partial charge in [-0.2, -0.15) is 0 Å². The molecule has 24 heavy (non-hydrogen) atoms. The number of nitrogens with zero attached hydrogens (tertiary/aromatic N) is 4. The molecular weight excluding hydrogens is 304 g/mol. The average molecular weight is 328 g/mol. The zero-order valence-corrected chi connectivity index (χ0v) is 14.1. The predicted octanol–water partition coefficient (Wildman–Crippen LogP) is 2.29. The molecule has 6 nitrogen and oxygen atoms in total. The van der Waals surface area contributed by atoms with Gasteiger partial charge < -0.3 is 14.2 Å². The number of carbonyl (C=O) groups excluding carboxylic acids is 1. The highest BCUT2D eigenvalue weighted by atomic mass is 16.5. The van der Waals surface area contributed by atoms with Crippen molar-refractivity contribution in [1.82, 2.24) is 19.7 Å². The van der Waals surface area contributed by atoms with Gasteiger partial charge in [-0.3, -0.25) is 4.79 Å². The largest absolute Gasteiger partial charge is 0.493 e. The van der Waals surface area contributed by atoms with E-state index in [4.69, 9.17) is 4.74 Å². The molecule has 1 saturated heterocycles. The van der Waals surface area contributed by atoms with E-state index in [2.05, 4.69) is 29.3 Å². The number of aromatic nitrogens is 3. The second-order valence-electron chi connectivity index (χ2n) is 6.42. The molecule has 1 aromatic heterocycles. The molecule has 1 aliphatic rings. The van der Waals surface area contributed by atoms with Crippen molar-refractivity contribution in [1.29, 1.82) is 0 Å². The van der Waals surface area contributed by atoms with Crippen LogP contribution in [-0.2, 0) is 11.3 Å². The summed E-state index contributed by atoms with van der Waals surface area (Å²) in [5, 5.41) is 7.51. The molecule has 0 bridgehead atoms. The van der Waals surface area contributed by atoms with E-state index in [1.54, 1.807) is 12.7 Å². The van der Waals surface area contributed by atoms with Gasteiger partial charge in [0.05, 0.1) is 6.61 Å². The summed E-state index contributed by atoms with van der Waals surface area (Å²) < 4.78 is 7.72. The fourth-order valence-corrected chi connectivity index (χ4v) is 3.00. The SMILES string of the molecule is Cc1ccc(OC[C@H]2CCCN(C(=O)CCn3cnnc3)C2)cc1. The van der Waals surface area contributed by atoms with Crippen molar-refractivity contribution < 1.29 is 9.53 Å². The normalized spacial score (nSPS) is 17.7. The first-order chi connectivity index (χ1) is 11.7. The number of aryl methyl sites for hydroxylation is 2. The van der Waals surface area contributed by atoms with Crippen LogP contribution in [-0.4, -0.2) is 45.3 Å². The number of hydrogen-bond donors (Lipinski definition) is 0. The maximum Gasteiger partial charge on any atom is 0.224 e. The second-order valence-corrected chi connectivity index (χ2v) is 6.42. The maximum absolute atomic E-state index is 12.4. The van der Waals surface area contributed by atoms with Gasteiger partial charge in [-0.15, -0.1) is 10.2 Å². The van der Waals surface area contributed by atoms with Crippen molar-refractivity contribution in [3.63, 3.8) is 0 Å². The summed E-state index contributed by atoms with van der Waals surface area (Å²) in [5.74, 6) is 1.50. The van der Waals surface area contributed by atoms with Crippen molar-refractivity contribution in [2.24, 2.45) is 5.92 Å². The van der Waals surface area contributed by atoms with Gasteiger partial charge in [0.15, 0.2) is 0 Å². The van der Waals surface area contributed by atoms with E-state index in [1.807, 2.05) is 21.6 Å². The minimum atomic E-state index is 0.198. The third-order valence-corrected chi connectivity index (χ3v) is 4.43. The van der Waals surface area contributed by atoms with Crippen LogP contribution in [0.2, 0.25) is 0 Å². The lowest BCUT2D eigenvalue weighted by molar-refractivity contribution is -0.133. The molecule has 0 saturated carbocycles. The Bertz CT molecular complexity index is 640. The van der Waals surface area contributed by atoms with Gasteiger partial charge in [0.25, 0.3) is 0 Å². The number of ether oxygens (including phenoxy) is 1. The van der Waals surface area contributed by atoms with E-state index in [1.165, 1.54) is 5.56 Å². The van der Waals surface area contributed by atoms with Crippen molar-refractivity contribution in [3.8, 4) is 5.75 Å². The summed E-state index contributed by atoms with van der Waals surface area (Å²) in [7, 11) is 0. The van der Waals surface area contributed by atoms with Crippen molar-refractivity contribution in [2.45, 2.75) is 32.7 Å². The molecule has 0 radical (unpaired) electrons. The number of hydrogen-bond acceptors (Lipinski definition) is 4. The summed E-state index contributed by atoms with van der Waals surface area (Å²) in [4.78, 5) is 14.4. The molecule has 2 heterocycles. The van der Waals surface area contributed by atoms with Crippen LogP contribution in [0, 0.1) is 12.8 Å². The number of likely N-dealkylation sites (tertiary alicyclic amines) is 1. The first-order valence-corrected chi connectivity index (χ1v) is 8.50. The first kappa shape index (κ1) is 16.5. The lowest BCUT2D eigenvalue weighted by Crippen LogP contribution is -2.41. The van der Waals surface area contributed by atoms with Crippen LogP contribution in [0.4, 0.5) is 0 Å². The Morgan fingerprint density at radius 2 is 2.00 bits per heavy atom. The molecule has 0 N–H and O–H groups in total. The standard InChI is InChI=1S/C18H24N4O2/c1-15-4-6-17(7-5-15)24-12-16-3-2-9-22(11-16)18(23)8-10-21-13-19-20-14-21/h4-7,13-14,16H,2-3,8-12H2,1H3/t16-/m0/s1. The van der Waals surface area contributed by atoms with E-state index in [-0.39, 0.29) is 5.91 Å². The van der Waals surface area contributed by atoms with Crippen molar-refractivity contribution in [2.75, 3.05) is 19.7 Å². The maximum atomic E-state index is 12.4. The van der Waals surface area contributed by atoms with Crippen molar-refractivity contribution in [3.05, 3.63) is 42.5 Å². The molecule has 1 atom stereocenters. The highest BCUT2D eigenvalue weighted by molar-refractivity contribution is 5.76. The molecule has 1 fully saturated rings. The van der Waals surface area contributed by atoms with E-state index in [9.17, 15) is 4.79 Å². The third kappa shape index (κ3) is 4.57. The number of rotatable bonds is 6. The Balaban J connectivity index is 1.45. The monoisotopic (exact) mass is 328 g/mol. The Labute approximate surface area is 142 Å². The molecule has 6 heteroatoms. The number of carbonyl (C=O) groups is 1. The molecule has 2 aromatic rings. The van der Waals surface area contributed by atoms with Gasteiger partial charge in [0.2, 0.25) is 5.91 Å². The molecule has 1 amide bonds. The Morgan fingerprint density at radius 1 is 1.25 bits per heavy atom. The second kappa shape index (κ2) is 7.95. The first-order valence-electron chi connectivity index (χ1n) is 8.50. The predicted molar refractivity (Wildman–Crippen MR) is 90.6 cm³/mol. The van der Waals surface area contributed by atoms with Crippen LogP contribution in [0.5, 0.6) is 5.75 Å². The highest BCUT2D eigenvalue weighted by Gasteiger charge is 2.23. The van der Waals surface area contributed by atoms with Gasteiger partial charge in [-0.05, 0) is 31.9 Å². The van der Waals surface area contributed by atoms with Gasteiger partial charge >= 0.3 is 0 Å². The van der Waals surface area contributed by atoms with Crippen LogP contribution < -0.4 is 4.74 Å². The molecule has 0 unspecified atom stereocenters. The fourth-order valence-electron chi connectivity index (χ4n) is 3.00. The zero-order chi connectivity index (χ0) is 16.8. The highest BCUT2D eigenvalue weighted by Crippen LogP contribution is 2.20. The van der Waals surface area contributed by atoms with Crippen LogP contribution in [0.25, 0.3) is 0 Å². The quantitative estimate of drug-likeness (QED) is 0.816. The summed E-state index contributed by atoms with van der Waals surface area (Å²) in [5.41, 5.74) is 1.23. The Morgan fingerprint density at radius 3 is 2.75 bits per heavy atom. The van der Waals surface area contributed by atoms with Crippen molar-refractivity contribution >= 4 is 5.91 Å². The number of amides is 1. The number of piperidine rings is 1. The van der Waals surface area contributed by atoms with Crippen LogP contribution in [0.3, 0.4) is 0 Å². The molecule has 0 spiro atoms. The van der Waals surface area contributed by atoms with E-state index >= 15 is 0 Å². The smallest absolute Gasteiger partial charge is 0.224 e. The van der Waals surface area contributed by atoms with Crippen LogP contribution >= 0.6 is 0 Å². The van der Waals surface area contributed by atoms with Gasteiger partial charge in [-0.25, -0.2) is 0 Å². The molecule has 1 aromatic carbocycles.